The molecule has 3 aromatic rings. The molecule has 5 nitrogen and oxygen atoms in total. The third-order valence-corrected chi connectivity index (χ3v) is 5.86. The summed E-state index contributed by atoms with van der Waals surface area (Å²) in [7, 11) is 0. The number of anilines is 1. The lowest BCUT2D eigenvalue weighted by atomic mass is 9.93. The zero-order valence-corrected chi connectivity index (χ0v) is 18.6. The van der Waals surface area contributed by atoms with Gasteiger partial charge in [0.05, 0.1) is 18.1 Å². The van der Waals surface area contributed by atoms with E-state index >= 15 is 0 Å². The number of benzene rings is 3. The van der Waals surface area contributed by atoms with Crippen molar-refractivity contribution < 1.29 is 4.79 Å². The van der Waals surface area contributed by atoms with E-state index in [0.29, 0.717) is 5.11 Å². The third kappa shape index (κ3) is 5.72. The predicted octanol–water partition coefficient (Wildman–Crippen LogP) is 4.32. The fourth-order valence-electron chi connectivity index (χ4n) is 4.03. The molecule has 0 saturated carbocycles. The van der Waals surface area contributed by atoms with Crippen LogP contribution < -0.4 is 21.3 Å². The van der Waals surface area contributed by atoms with Crippen LogP contribution >= 0.6 is 12.2 Å². The molecule has 0 spiro atoms. The summed E-state index contributed by atoms with van der Waals surface area (Å²) in [5.41, 5.74) is 2.97. The Labute approximate surface area is 194 Å². The van der Waals surface area contributed by atoms with Crippen molar-refractivity contribution in [2.45, 2.75) is 31.0 Å². The van der Waals surface area contributed by atoms with Gasteiger partial charge in [-0.25, -0.2) is 0 Å². The number of carbonyl (C=O) groups excluding carboxylic acids is 1. The first-order chi connectivity index (χ1) is 15.7. The van der Waals surface area contributed by atoms with E-state index in [-0.39, 0.29) is 24.0 Å². The third-order valence-electron chi connectivity index (χ3n) is 5.64. The summed E-state index contributed by atoms with van der Waals surface area (Å²) in [4.78, 5) is 13.1. The van der Waals surface area contributed by atoms with Crippen molar-refractivity contribution >= 4 is 28.9 Å². The molecule has 164 valence electrons. The van der Waals surface area contributed by atoms with Crippen LogP contribution in [0.1, 0.15) is 36.1 Å². The van der Waals surface area contributed by atoms with Gasteiger partial charge in [-0.05, 0) is 54.9 Å². The number of amides is 1. The van der Waals surface area contributed by atoms with E-state index in [4.69, 9.17) is 12.2 Å². The molecule has 1 fully saturated rings. The SMILES string of the molecule is O=C(N[C@@H](c1ccccc1)[C@@H](NC(=S)Nc1ccccc1)c1ccccc1)[C@@H]1CCCN1. The molecule has 1 amide bonds. The molecule has 4 N–H and O–H groups in total. The maximum absolute atomic E-state index is 13.1. The van der Waals surface area contributed by atoms with Crippen LogP contribution in [-0.2, 0) is 4.79 Å². The minimum atomic E-state index is -0.302. The highest BCUT2D eigenvalue weighted by Crippen LogP contribution is 2.29. The highest BCUT2D eigenvalue weighted by atomic mass is 32.1. The topological polar surface area (TPSA) is 65.2 Å². The van der Waals surface area contributed by atoms with Gasteiger partial charge in [0.25, 0.3) is 0 Å². The summed E-state index contributed by atoms with van der Waals surface area (Å²) in [6.07, 6.45) is 1.87. The summed E-state index contributed by atoms with van der Waals surface area (Å²) >= 11 is 5.66. The van der Waals surface area contributed by atoms with Crippen molar-refractivity contribution in [3.8, 4) is 0 Å². The van der Waals surface area contributed by atoms with Crippen molar-refractivity contribution in [1.82, 2.24) is 16.0 Å². The maximum Gasteiger partial charge on any atom is 0.237 e. The van der Waals surface area contributed by atoms with Gasteiger partial charge in [0, 0.05) is 5.69 Å². The Morgan fingerprint density at radius 3 is 1.88 bits per heavy atom. The zero-order chi connectivity index (χ0) is 22.2. The Morgan fingerprint density at radius 2 is 1.34 bits per heavy atom. The van der Waals surface area contributed by atoms with Gasteiger partial charge >= 0.3 is 0 Å². The number of thiocarbonyl (C=S) groups is 1. The van der Waals surface area contributed by atoms with Crippen LogP contribution in [0.5, 0.6) is 0 Å². The van der Waals surface area contributed by atoms with E-state index in [9.17, 15) is 4.79 Å². The molecule has 4 rings (SSSR count). The van der Waals surface area contributed by atoms with Gasteiger partial charge in [0.2, 0.25) is 5.91 Å². The van der Waals surface area contributed by atoms with Crippen LogP contribution in [0, 0.1) is 0 Å². The number of nitrogens with one attached hydrogen (secondary N) is 4. The van der Waals surface area contributed by atoms with Gasteiger partial charge in [-0.2, -0.15) is 0 Å². The second kappa shape index (κ2) is 10.9. The number of rotatable bonds is 7. The Kier molecular flexibility index (Phi) is 7.48. The molecule has 3 aromatic carbocycles. The van der Waals surface area contributed by atoms with E-state index in [1.165, 1.54) is 0 Å². The molecular weight excluding hydrogens is 416 g/mol. The first-order valence-corrected chi connectivity index (χ1v) is 11.4. The summed E-state index contributed by atoms with van der Waals surface area (Å²) < 4.78 is 0. The first-order valence-electron chi connectivity index (χ1n) is 11.0. The highest BCUT2D eigenvalue weighted by molar-refractivity contribution is 7.80. The molecule has 1 saturated heterocycles. The lowest BCUT2D eigenvalue weighted by molar-refractivity contribution is -0.123. The number of hydrogen-bond donors (Lipinski definition) is 4. The van der Waals surface area contributed by atoms with E-state index in [1.807, 2.05) is 78.9 Å². The quantitative estimate of drug-likeness (QED) is 0.409. The van der Waals surface area contributed by atoms with Gasteiger partial charge in [-0.1, -0.05) is 78.9 Å². The average Bonchev–Trinajstić information content (AvgIpc) is 3.38. The second-order valence-corrected chi connectivity index (χ2v) is 8.31. The number of hydrogen-bond acceptors (Lipinski definition) is 3. The lowest BCUT2D eigenvalue weighted by Crippen LogP contribution is -2.47. The van der Waals surface area contributed by atoms with Gasteiger partial charge < -0.3 is 21.3 Å². The molecule has 0 unspecified atom stereocenters. The summed E-state index contributed by atoms with van der Waals surface area (Å²) in [6, 6.07) is 29.2. The minimum Gasteiger partial charge on any atom is -0.353 e. The van der Waals surface area contributed by atoms with E-state index < -0.39 is 0 Å². The molecule has 0 bridgehead atoms. The molecule has 32 heavy (non-hydrogen) atoms. The lowest BCUT2D eigenvalue weighted by Gasteiger charge is -2.31. The second-order valence-electron chi connectivity index (χ2n) is 7.90. The van der Waals surface area contributed by atoms with Crippen LogP contribution in [0.25, 0.3) is 0 Å². The summed E-state index contributed by atoms with van der Waals surface area (Å²) in [6.45, 7) is 0.875. The van der Waals surface area contributed by atoms with Gasteiger partial charge in [-0.3, -0.25) is 4.79 Å². The molecule has 1 heterocycles. The predicted molar refractivity (Wildman–Crippen MR) is 133 cm³/mol. The van der Waals surface area contributed by atoms with Crippen molar-refractivity contribution in [2.75, 3.05) is 11.9 Å². The summed E-state index contributed by atoms with van der Waals surface area (Å²) in [5, 5.41) is 13.8. The van der Waals surface area contributed by atoms with Gasteiger partial charge in [0.1, 0.15) is 0 Å². The largest absolute Gasteiger partial charge is 0.353 e. The highest BCUT2D eigenvalue weighted by Gasteiger charge is 2.30. The molecule has 3 atom stereocenters. The molecule has 6 heteroatoms. The summed E-state index contributed by atoms with van der Waals surface area (Å²) in [5.74, 6) is 0.0148. The van der Waals surface area contributed by atoms with E-state index in [1.54, 1.807) is 0 Å². The van der Waals surface area contributed by atoms with Crippen LogP contribution in [0.4, 0.5) is 5.69 Å². The van der Waals surface area contributed by atoms with Gasteiger partial charge in [-0.15, -0.1) is 0 Å². The Hall–Kier alpha value is -3.22. The van der Waals surface area contributed by atoms with Crippen molar-refractivity contribution in [3.63, 3.8) is 0 Å². The molecule has 0 aliphatic carbocycles. The van der Waals surface area contributed by atoms with Crippen molar-refractivity contribution in [3.05, 3.63) is 102 Å². The van der Waals surface area contributed by atoms with Crippen LogP contribution in [0.3, 0.4) is 0 Å². The van der Waals surface area contributed by atoms with Crippen LogP contribution in [0.15, 0.2) is 91.0 Å². The van der Waals surface area contributed by atoms with E-state index in [2.05, 4.69) is 33.4 Å². The van der Waals surface area contributed by atoms with Crippen molar-refractivity contribution in [1.29, 1.82) is 0 Å². The van der Waals surface area contributed by atoms with Crippen molar-refractivity contribution in [2.24, 2.45) is 0 Å². The Balaban J connectivity index is 1.63. The fraction of sp³-hybridized carbons (Fsp3) is 0.231. The van der Waals surface area contributed by atoms with Gasteiger partial charge in [0.15, 0.2) is 5.11 Å². The van der Waals surface area contributed by atoms with E-state index in [0.717, 1.165) is 36.2 Å². The molecule has 0 aromatic heterocycles. The fourth-order valence-corrected chi connectivity index (χ4v) is 4.28. The van der Waals surface area contributed by atoms with Crippen LogP contribution in [0.2, 0.25) is 0 Å². The Morgan fingerprint density at radius 1 is 0.812 bits per heavy atom. The Bertz CT molecular complexity index is 1010. The van der Waals surface area contributed by atoms with Crippen LogP contribution in [-0.4, -0.2) is 23.6 Å². The molecule has 0 radical (unpaired) electrons. The minimum absolute atomic E-state index is 0.0148. The molecular formula is C26H28N4OS. The molecule has 1 aliphatic rings. The average molecular weight is 445 g/mol. The number of para-hydroxylation sites is 1. The standard InChI is InChI=1S/C26H28N4OS/c31-25(22-17-10-18-27-22)29-23(19-11-4-1-5-12-19)24(20-13-6-2-7-14-20)30-26(32)28-21-15-8-3-9-16-21/h1-9,11-16,22-24,27H,10,17-18H2,(H,29,31)(H2,28,30,32)/t22-,23-,24-/m0/s1. The zero-order valence-electron chi connectivity index (χ0n) is 17.8. The maximum atomic E-state index is 13.1. The number of carbonyl (C=O) groups is 1. The normalized spacial score (nSPS) is 17.2. The molecule has 1 aliphatic heterocycles. The monoisotopic (exact) mass is 444 g/mol. The smallest absolute Gasteiger partial charge is 0.237 e. The first kappa shape index (κ1) is 22.0.